The van der Waals surface area contributed by atoms with Crippen molar-refractivity contribution >= 4 is 27.5 Å². The summed E-state index contributed by atoms with van der Waals surface area (Å²) in [5, 5.41) is 4.71. The lowest BCUT2D eigenvalue weighted by Gasteiger charge is -2.08. The van der Waals surface area contributed by atoms with Gasteiger partial charge in [-0.2, -0.15) is 5.10 Å². The van der Waals surface area contributed by atoms with Gasteiger partial charge in [0.25, 0.3) is 0 Å². The number of halogens is 2. The van der Waals surface area contributed by atoms with E-state index in [0.29, 0.717) is 16.9 Å². The Balaban J connectivity index is 2.12. The van der Waals surface area contributed by atoms with Gasteiger partial charge in [-0.1, -0.05) is 11.6 Å². The minimum absolute atomic E-state index is 0.478. The highest BCUT2D eigenvalue weighted by Crippen LogP contribution is 2.44. The van der Waals surface area contributed by atoms with Gasteiger partial charge in [-0.25, -0.2) is 9.97 Å². The van der Waals surface area contributed by atoms with E-state index in [9.17, 15) is 0 Å². The maximum absolute atomic E-state index is 6.18. The molecule has 0 N–H and O–H groups in total. The fraction of sp³-hybridized carbons (Fsp3) is 0.417. The summed E-state index contributed by atoms with van der Waals surface area (Å²) in [5.74, 6) is 1.18. The molecule has 0 spiro atoms. The SMILES string of the molecule is CCn1nccc1-c1nc(Cl)c(Br)c(C2CC2)n1. The zero-order chi connectivity index (χ0) is 12.7. The van der Waals surface area contributed by atoms with Crippen molar-refractivity contribution in [3.63, 3.8) is 0 Å². The van der Waals surface area contributed by atoms with Crippen LogP contribution in [0.1, 0.15) is 31.4 Å². The third kappa shape index (κ3) is 2.06. The molecule has 1 aliphatic carbocycles. The third-order valence-electron chi connectivity index (χ3n) is 3.05. The summed E-state index contributed by atoms with van der Waals surface area (Å²) >= 11 is 9.65. The molecule has 3 rings (SSSR count). The lowest BCUT2D eigenvalue weighted by Crippen LogP contribution is -2.04. The summed E-state index contributed by atoms with van der Waals surface area (Å²) in [7, 11) is 0. The molecule has 0 bridgehead atoms. The van der Waals surface area contributed by atoms with E-state index in [1.54, 1.807) is 6.20 Å². The van der Waals surface area contributed by atoms with E-state index < -0.39 is 0 Å². The van der Waals surface area contributed by atoms with Crippen molar-refractivity contribution in [2.24, 2.45) is 0 Å². The highest BCUT2D eigenvalue weighted by molar-refractivity contribution is 9.10. The normalized spacial score (nSPS) is 15.1. The van der Waals surface area contributed by atoms with E-state index in [1.165, 1.54) is 12.8 Å². The topological polar surface area (TPSA) is 43.6 Å². The van der Waals surface area contributed by atoms with E-state index in [0.717, 1.165) is 22.4 Å². The van der Waals surface area contributed by atoms with Crippen LogP contribution in [0.25, 0.3) is 11.5 Å². The number of hydrogen-bond donors (Lipinski definition) is 0. The van der Waals surface area contributed by atoms with Crippen molar-refractivity contribution in [1.82, 2.24) is 19.7 Å². The van der Waals surface area contributed by atoms with Gasteiger partial charge in [0.15, 0.2) is 5.82 Å². The van der Waals surface area contributed by atoms with Crippen LogP contribution in [0.2, 0.25) is 5.15 Å². The highest BCUT2D eigenvalue weighted by Gasteiger charge is 2.29. The Labute approximate surface area is 119 Å². The van der Waals surface area contributed by atoms with Crippen LogP contribution < -0.4 is 0 Å². The maximum Gasteiger partial charge on any atom is 0.179 e. The minimum Gasteiger partial charge on any atom is -0.262 e. The lowest BCUT2D eigenvalue weighted by molar-refractivity contribution is 0.663. The van der Waals surface area contributed by atoms with Gasteiger partial charge >= 0.3 is 0 Å². The van der Waals surface area contributed by atoms with Gasteiger partial charge in [0, 0.05) is 18.7 Å². The van der Waals surface area contributed by atoms with Crippen LogP contribution in [0.5, 0.6) is 0 Å². The fourth-order valence-corrected chi connectivity index (χ4v) is 2.63. The van der Waals surface area contributed by atoms with Gasteiger partial charge in [-0.3, -0.25) is 4.68 Å². The molecule has 0 aliphatic heterocycles. The van der Waals surface area contributed by atoms with Crippen LogP contribution in [-0.4, -0.2) is 19.7 Å². The Morgan fingerprint density at radius 1 is 1.44 bits per heavy atom. The second-order valence-corrected chi connectivity index (χ2v) is 5.49. The summed E-state index contributed by atoms with van der Waals surface area (Å²) in [6, 6.07) is 1.92. The zero-order valence-electron chi connectivity index (χ0n) is 9.90. The molecule has 6 heteroatoms. The lowest BCUT2D eigenvalue weighted by atomic mass is 10.2. The average molecular weight is 328 g/mol. The number of aromatic nitrogens is 4. The van der Waals surface area contributed by atoms with Gasteiger partial charge in [0.1, 0.15) is 10.8 Å². The third-order valence-corrected chi connectivity index (χ3v) is 4.33. The summed E-state index contributed by atoms with van der Waals surface area (Å²) < 4.78 is 2.70. The molecule has 94 valence electrons. The molecule has 0 amide bonds. The number of rotatable bonds is 3. The standard InChI is InChI=1S/C12H12BrClN4/c1-2-18-8(5-6-15-18)12-16-10(7-3-4-7)9(13)11(14)17-12/h5-7H,2-4H2,1H3. The van der Waals surface area contributed by atoms with E-state index in [2.05, 4.69) is 31.0 Å². The van der Waals surface area contributed by atoms with Crippen LogP contribution in [0.3, 0.4) is 0 Å². The van der Waals surface area contributed by atoms with Crippen LogP contribution in [0, 0.1) is 0 Å². The van der Waals surface area contributed by atoms with Crippen LogP contribution >= 0.6 is 27.5 Å². The highest BCUT2D eigenvalue weighted by atomic mass is 79.9. The Bertz CT molecular complexity index is 592. The number of nitrogens with zero attached hydrogens (tertiary/aromatic N) is 4. The molecule has 0 saturated heterocycles. The predicted molar refractivity (Wildman–Crippen MR) is 73.6 cm³/mol. The first-order chi connectivity index (χ1) is 8.70. The quantitative estimate of drug-likeness (QED) is 0.808. The first kappa shape index (κ1) is 12.1. The zero-order valence-corrected chi connectivity index (χ0v) is 12.2. The summed E-state index contributed by atoms with van der Waals surface area (Å²) in [5.41, 5.74) is 1.93. The first-order valence-electron chi connectivity index (χ1n) is 5.95. The largest absolute Gasteiger partial charge is 0.262 e. The van der Waals surface area contributed by atoms with E-state index in [4.69, 9.17) is 11.6 Å². The van der Waals surface area contributed by atoms with Crippen molar-refractivity contribution in [2.75, 3.05) is 0 Å². The molecule has 0 unspecified atom stereocenters. The molecule has 2 aromatic heterocycles. The first-order valence-corrected chi connectivity index (χ1v) is 7.13. The van der Waals surface area contributed by atoms with Crippen molar-refractivity contribution in [3.05, 3.63) is 27.6 Å². The second-order valence-electron chi connectivity index (χ2n) is 4.34. The summed E-state index contributed by atoms with van der Waals surface area (Å²) in [4.78, 5) is 8.98. The molecule has 1 saturated carbocycles. The monoisotopic (exact) mass is 326 g/mol. The molecule has 0 radical (unpaired) electrons. The van der Waals surface area contributed by atoms with Gasteiger partial charge < -0.3 is 0 Å². The molecular formula is C12H12BrClN4. The smallest absolute Gasteiger partial charge is 0.179 e. The van der Waals surface area contributed by atoms with Crippen LogP contribution in [0.15, 0.2) is 16.7 Å². The van der Waals surface area contributed by atoms with E-state index >= 15 is 0 Å². The summed E-state index contributed by atoms with van der Waals surface area (Å²) in [6.45, 7) is 2.83. The molecule has 2 heterocycles. The van der Waals surface area contributed by atoms with E-state index in [-0.39, 0.29) is 0 Å². The Kier molecular flexibility index (Phi) is 3.11. The van der Waals surface area contributed by atoms with Gasteiger partial charge in [-0.15, -0.1) is 0 Å². The maximum atomic E-state index is 6.18. The van der Waals surface area contributed by atoms with Crippen LogP contribution in [-0.2, 0) is 6.54 Å². The summed E-state index contributed by atoms with van der Waals surface area (Å²) in [6.07, 6.45) is 4.12. The Morgan fingerprint density at radius 2 is 2.22 bits per heavy atom. The molecule has 0 aromatic carbocycles. The van der Waals surface area contributed by atoms with Crippen molar-refractivity contribution < 1.29 is 0 Å². The molecule has 2 aromatic rings. The van der Waals surface area contributed by atoms with E-state index in [1.807, 2.05) is 17.7 Å². The number of hydrogen-bond acceptors (Lipinski definition) is 3. The Morgan fingerprint density at radius 3 is 2.89 bits per heavy atom. The second kappa shape index (κ2) is 4.63. The Hall–Kier alpha value is -0.940. The average Bonchev–Trinajstić information content (AvgIpc) is 3.09. The van der Waals surface area contributed by atoms with Gasteiger partial charge in [-0.05, 0) is 41.8 Å². The number of aryl methyl sites for hydroxylation is 1. The predicted octanol–water partition coefficient (Wildman–Crippen LogP) is 3.65. The molecule has 4 nitrogen and oxygen atoms in total. The van der Waals surface area contributed by atoms with Crippen molar-refractivity contribution in [1.29, 1.82) is 0 Å². The molecule has 0 atom stereocenters. The molecular weight excluding hydrogens is 316 g/mol. The van der Waals surface area contributed by atoms with Gasteiger partial charge in [0.05, 0.1) is 10.2 Å². The van der Waals surface area contributed by atoms with Crippen molar-refractivity contribution in [3.8, 4) is 11.5 Å². The minimum atomic E-state index is 0.478. The fourth-order valence-electron chi connectivity index (χ4n) is 1.95. The van der Waals surface area contributed by atoms with Crippen LogP contribution in [0.4, 0.5) is 0 Å². The van der Waals surface area contributed by atoms with Crippen molar-refractivity contribution in [2.45, 2.75) is 32.2 Å². The molecule has 18 heavy (non-hydrogen) atoms. The van der Waals surface area contributed by atoms with Gasteiger partial charge in [0.2, 0.25) is 0 Å². The molecule has 1 aliphatic rings. The molecule has 1 fully saturated rings.